The van der Waals surface area contributed by atoms with Gasteiger partial charge in [-0.15, -0.1) is 0 Å². The summed E-state index contributed by atoms with van der Waals surface area (Å²) in [6, 6.07) is 8.82. The molecule has 17 heavy (non-hydrogen) atoms. The molecule has 1 rings (SSSR count). The second kappa shape index (κ2) is 6.68. The molecule has 1 unspecified atom stereocenters. The van der Waals surface area contributed by atoms with E-state index in [0.29, 0.717) is 0 Å². The number of halogens is 1. The topological polar surface area (TPSA) is 72.2 Å². The van der Waals surface area contributed by atoms with Crippen LogP contribution in [0, 0.1) is 0 Å². The number of nitrogens with one attached hydrogen (secondary N) is 1. The van der Waals surface area contributed by atoms with Gasteiger partial charge in [-0.05, 0) is 12.0 Å². The van der Waals surface area contributed by atoms with E-state index in [9.17, 15) is 12.8 Å². The first kappa shape index (κ1) is 14.1. The zero-order chi connectivity index (χ0) is 12.7. The van der Waals surface area contributed by atoms with Crippen molar-refractivity contribution in [2.75, 3.05) is 19.0 Å². The molecule has 0 aromatic heterocycles. The van der Waals surface area contributed by atoms with Crippen molar-refractivity contribution in [3.63, 3.8) is 0 Å². The lowest BCUT2D eigenvalue weighted by molar-refractivity contribution is 0.482. The lowest BCUT2D eigenvalue weighted by atomic mass is 10.1. The molecule has 0 bridgehead atoms. The Bertz CT molecular complexity index is 422. The van der Waals surface area contributed by atoms with E-state index in [-0.39, 0.29) is 18.7 Å². The van der Waals surface area contributed by atoms with E-state index in [1.807, 2.05) is 30.3 Å². The maximum Gasteiger partial charge on any atom is 0.211 e. The van der Waals surface area contributed by atoms with Gasteiger partial charge in [-0.25, -0.2) is 13.1 Å². The van der Waals surface area contributed by atoms with Crippen LogP contribution in [-0.4, -0.2) is 27.4 Å². The lowest BCUT2D eigenvalue weighted by Gasteiger charge is -2.13. The molecule has 0 radical (unpaired) electrons. The van der Waals surface area contributed by atoms with E-state index in [0.717, 1.165) is 5.56 Å². The summed E-state index contributed by atoms with van der Waals surface area (Å²) in [7, 11) is -3.42. The second-order valence-corrected chi connectivity index (χ2v) is 5.65. The Hall–Kier alpha value is -0.980. The van der Waals surface area contributed by atoms with Crippen LogP contribution in [-0.2, 0) is 10.0 Å². The molecule has 0 fully saturated rings. The molecule has 0 aliphatic carbocycles. The van der Waals surface area contributed by atoms with Gasteiger partial charge in [0.2, 0.25) is 10.0 Å². The molecule has 0 aliphatic heterocycles. The average Bonchev–Trinajstić information content (AvgIpc) is 2.35. The Morgan fingerprint density at radius 3 is 2.53 bits per heavy atom. The molecule has 1 aromatic carbocycles. The number of nitrogens with two attached hydrogens (primary N) is 1. The van der Waals surface area contributed by atoms with Crippen LogP contribution in [0.5, 0.6) is 0 Å². The van der Waals surface area contributed by atoms with Gasteiger partial charge in [-0.2, -0.15) is 0 Å². The normalized spacial score (nSPS) is 13.5. The molecule has 1 aromatic rings. The summed E-state index contributed by atoms with van der Waals surface area (Å²) in [5.74, 6) is -0.203. The van der Waals surface area contributed by atoms with E-state index in [1.54, 1.807) is 0 Å². The highest BCUT2D eigenvalue weighted by Crippen LogP contribution is 2.08. The Kier molecular flexibility index (Phi) is 5.54. The van der Waals surface area contributed by atoms with Crippen LogP contribution in [0.15, 0.2) is 30.3 Å². The highest BCUT2D eigenvalue weighted by Gasteiger charge is 2.12. The summed E-state index contributed by atoms with van der Waals surface area (Å²) < 4.78 is 37.0. The van der Waals surface area contributed by atoms with Gasteiger partial charge in [-0.1, -0.05) is 30.3 Å². The number of rotatable bonds is 7. The van der Waals surface area contributed by atoms with Gasteiger partial charge in [-0.3, -0.25) is 4.39 Å². The molecule has 0 spiro atoms. The van der Waals surface area contributed by atoms with Crippen molar-refractivity contribution in [3.05, 3.63) is 35.9 Å². The van der Waals surface area contributed by atoms with E-state index in [4.69, 9.17) is 5.73 Å². The van der Waals surface area contributed by atoms with Crippen molar-refractivity contribution >= 4 is 10.0 Å². The molecule has 6 heteroatoms. The van der Waals surface area contributed by atoms with Crippen LogP contribution in [0.3, 0.4) is 0 Å². The zero-order valence-corrected chi connectivity index (χ0v) is 10.3. The van der Waals surface area contributed by atoms with Crippen molar-refractivity contribution < 1.29 is 12.8 Å². The van der Waals surface area contributed by atoms with Gasteiger partial charge in [0.25, 0.3) is 0 Å². The summed E-state index contributed by atoms with van der Waals surface area (Å²) in [4.78, 5) is 0. The largest absolute Gasteiger partial charge is 0.323 e. The van der Waals surface area contributed by atoms with E-state index in [2.05, 4.69) is 4.72 Å². The van der Waals surface area contributed by atoms with Crippen molar-refractivity contribution in [2.45, 2.75) is 12.5 Å². The number of benzene rings is 1. The number of hydrogen-bond donors (Lipinski definition) is 2. The van der Waals surface area contributed by atoms with Crippen LogP contribution in [0.25, 0.3) is 0 Å². The van der Waals surface area contributed by atoms with E-state index < -0.39 is 22.7 Å². The Balaban J connectivity index is 2.46. The molecule has 96 valence electrons. The number of sulfonamides is 1. The first-order valence-electron chi connectivity index (χ1n) is 5.39. The minimum atomic E-state index is -3.42. The Morgan fingerprint density at radius 2 is 1.94 bits per heavy atom. The van der Waals surface area contributed by atoms with Crippen LogP contribution >= 0.6 is 0 Å². The summed E-state index contributed by atoms with van der Waals surface area (Å²) in [5.41, 5.74) is 6.69. The molecular formula is C11H17FN2O2S. The van der Waals surface area contributed by atoms with Gasteiger partial charge >= 0.3 is 0 Å². The van der Waals surface area contributed by atoms with Crippen molar-refractivity contribution in [1.82, 2.24) is 4.72 Å². The predicted octanol–water partition coefficient (Wildman–Crippen LogP) is 0.965. The number of alkyl halides is 1. The third-order valence-electron chi connectivity index (χ3n) is 2.30. The molecule has 0 heterocycles. The molecule has 0 amide bonds. The van der Waals surface area contributed by atoms with Crippen molar-refractivity contribution in [3.8, 4) is 0 Å². The first-order chi connectivity index (χ1) is 8.05. The van der Waals surface area contributed by atoms with Crippen LogP contribution in [0.4, 0.5) is 4.39 Å². The lowest BCUT2D eigenvalue weighted by Crippen LogP contribution is -2.33. The summed E-state index contributed by atoms with van der Waals surface area (Å²) >= 11 is 0. The monoisotopic (exact) mass is 260 g/mol. The third kappa shape index (κ3) is 5.25. The fourth-order valence-corrected chi connectivity index (χ4v) is 2.42. The summed E-state index contributed by atoms with van der Waals surface area (Å²) in [5, 5.41) is 0. The third-order valence-corrected chi connectivity index (χ3v) is 3.73. The highest BCUT2D eigenvalue weighted by atomic mass is 32.2. The number of hydrogen-bond acceptors (Lipinski definition) is 3. The standard InChI is InChI=1S/C11H17FN2O2S/c12-7-4-8-17(15,16)14-9-11(13)10-5-2-1-3-6-10/h1-3,5-6,11,14H,4,7-9,13H2. The average molecular weight is 260 g/mol. The predicted molar refractivity (Wildman–Crippen MR) is 65.8 cm³/mol. The SMILES string of the molecule is NC(CNS(=O)(=O)CCCF)c1ccccc1. The van der Waals surface area contributed by atoms with Gasteiger partial charge in [0.05, 0.1) is 12.4 Å². The zero-order valence-electron chi connectivity index (χ0n) is 9.47. The van der Waals surface area contributed by atoms with Crippen molar-refractivity contribution in [2.24, 2.45) is 5.73 Å². The van der Waals surface area contributed by atoms with Crippen LogP contribution < -0.4 is 10.5 Å². The Labute approximate surface area is 101 Å². The molecule has 0 saturated heterocycles. The fourth-order valence-electron chi connectivity index (χ4n) is 1.35. The summed E-state index contributed by atoms with van der Waals surface area (Å²) in [6.07, 6.45) is 0.00983. The minimum Gasteiger partial charge on any atom is -0.323 e. The van der Waals surface area contributed by atoms with E-state index >= 15 is 0 Å². The maximum atomic E-state index is 11.9. The molecule has 1 atom stereocenters. The fraction of sp³-hybridized carbons (Fsp3) is 0.455. The minimum absolute atomic E-state index is 0.00983. The van der Waals surface area contributed by atoms with Gasteiger partial charge in [0, 0.05) is 12.6 Å². The Morgan fingerprint density at radius 1 is 1.29 bits per heavy atom. The molecular weight excluding hydrogens is 243 g/mol. The van der Waals surface area contributed by atoms with Crippen molar-refractivity contribution in [1.29, 1.82) is 0 Å². The van der Waals surface area contributed by atoms with E-state index in [1.165, 1.54) is 0 Å². The molecule has 0 aliphatic rings. The molecule has 3 N–H and O–H groups in total. The van der Waals surface area contributed by atoms with Crippen LogP contribution in [0.2, 0.25) is 0 Å². The highest BCUT2D eigenvalue weighted by molar-refractivity contribution is 7.89. The maximum absolute atomic E-state index is 11.9. The second-order valence-electron chi connectivity index (χ2n) is 3.73. The van der Waals surface area contributed by atoms with Crippen LogP contribution in [0.1, 0.15) is 18.0 Å². The molecule has 4 nitrogen and oxygen atoms in total. The quantitative estimate of drug-likeness (QED) is 0.767. The van der Waals surface area contributed by atoms with Gasteiger partial charge < -0.3 is 5.73 Å². The molecule has 0 saturated carbocycles. The summed E-state index contributed by atoms with van der Waals surface area (Å²) in [6.45, 7) is -0.510. The first-order valence-corrected chi connectivity index (χ1v) is 7.04. The smallest absolute Gasteiger partial charge is 0.211 e. The van der Waals surface area contributed by atoms with Gasteiger partial charge in [0.15, 0.2) is 0 Å². The van der Waals surface area contributed by atoms with Gasteiger partial charge in [0.1, 0.15) is 0 Å².